The van der Waals surface area contributed by atoms with Gasteiger partial charge in [-0.1, -0.05) is 41.8 Å². The fraction of sp³-hybridized carbons (Fsp3) is 0.500. The molecule has 1 aliphatic carbocycles. The number of alkyl halides is 6. The van der Waals surface area contributed by atoms with Crippen LogP contribution in [-0.4, -0.2) is 30.9 Å². The first kappa shape index (κ1) is 41.2. The minimum Gasteiger partial charge on any atom is -0.251 e. The molecule has 0 saturated heterocycles. The minimum atomic E-state index is -4.50. The second kappa shape index (κ2) is 14.9. The Balaban J connectivity index is -0.000000626. The summed E-state index contributed by atoms with van der Waals surface area (Å²) in [7, 11) is -5.55. The molecule has 1 aliphatic rings. The van der Waals surface area contributed by atoms with E-state index >= 15 is 0 Å². The van der Waals surface area contributed by atoms with E-state index in [4.69, 9.17) is 10.5 Å². The van der Waals surface area contributed by atoms with Gasteiger partial charge < -0.3 is 0 Å². The largest absolute Gasteiger partial charge is 0.433 e. The molecule has 40 heavy (non-hydrogen) atoms. The van der Waals surface area contributed by atoms with Crippen molar-refractivity contribution in [3.05, 3.63) is 59.2 Å². The molecule has 8 nitrogen and oxygen atoms in total. The molecule has 2 unspecified atom stereocenters. The van der Waals surface area contributed by atoms with Gasteiger partial charge in [0.05, 0.1) is 30.0 Å². The predicted molar refractivity (Wildman–Crippen MR) is 144 cm³/mol. The molecule has 2 atom stereocenters. The maximum absolute atomic E-state index is 12.4. The van der Waals surface area contributed by atoms with Crippen LogP contribution in [0, 0.1) is 22.9 Å². The second-order valence-electron chi connectivity index (χ2n) is 7.76. The highest BCUT2D eigenvalue weighted by Gasteiger charge is 2.52. The third-order valence-corrected chi connectivity index (χ3v) is 8.87. The molecule has 0 bridgehead atoms. The summed E-state index contributed by atoms with van der Waals surface area (Å²) >= 11 is 0. The molecule has 226 valence electrons. The normalized spacial score (nSPS) is 15.8. The van der Waals surface area contributed by atoms with Crippen LogP contribution in [0.5, 0.6) is 0 Å². The molecule has 2 heterocycles. The molecular formula is C24H34F6N6O2S2. The zero-order valence-corrected chi connectivity index (χ0v) is 20.3. The monoisotopic (exact) mass is 616 g/mol. The maximum Gasteiger partial charge on any atom is 0.433 e. The van der Waals surface area contributed by atoms with Crippen LogP contribution in [-0.2, 0) is 42.3 Å². The average Bonchev–Trinajstić information content (AvgIpc) is 3.56. The number of hydrogen-bond donors (Lipinski definition) is 0. The number of halogens is 6. The summed E-state index contributed by atoms with van der Waals surface area (Å²) in [4.78, 5) is 6.57. The average molecular weight is 617 g/mol. The zero-order valence-electron chi connectivity index (χ0n) is 18.7. The Morgan fingerprint density at radius 3 is 1.60 bits per heavy atom. The number of hydrogen-bond acceptors (Lipinski definition) is 8. The van der Waals surface area contributed by atoms with Gasteiger partial charge in [-0.05, 0) is 36.1 Å². The third-order valence-electron chi connectivity index (χ3n) is 5.01. The van der Waals surface area contributed by atoms with Crippen LogP contribution in [0.4, 0.5) is 26.3 Å². The van der Waals surface area contributed by atoms with Crippen LogP contribution in [0.3, 0.4) is 0 Å². The highest BCUT2D eigenvalue weighted by Crippen LogP contribution is 2.53. The van der Waals surface area contributed by atoms with Crippen LogP contribution in [0.1, 0.15) is 65.1 Å². The molecule has 0 aromatic carbocycles. The smallest absolute Gasteiger partial charge is 0.251 e. The molecule has 3 rings (SSSR count). The van der Waals surface area contributed by atoms with E-state index in [2.05, 4.69) is 18.7 Å². The Kier molecular flexibility index (Phi) is 15.4. The lowest BCUT2D eigenvalue weighted by Crippen LogP contribution is -2.20. The number of aromatic nitrogens is 2. The van der Waals surface area contributed by atoms with Gasteiger partial charge in [-0.25, -0.2) is 8.42 Å². The lowest BCUT2D eigenvalue weighted by molar-refractivity contribution is -0.142. The maximum atomic E-state index is 12.4. The molecule has 0 spiro atoms. The predicted octanol–water partition coefficient (Wildman–Crippen LogP) is 7.39. The number of nitrogens with zero attached hydrogens (tertiary/aromatic N) is 6. The molecule has 0 radical (unpaired) electrons. The topological polar surface area (TPSA) is 132 Å². The Hall–Kier alpha value is -3.24. The van der Waals surface area contributed by atoms with Gasteiger partial charge in [0.25, 0.3) is 0 Å². The van der Waals surface area contributed by atoms with Crippen molar-refractivity contribution in [2.24, 2.45) is 8.73 Å². The summed E-state index contributed by atoms with van der Waals surface area (Å²) < 4.78 is 104. The standard InChI is InChI=1S/C11H10F3N3OS.C9H8F3N3OS.4CH4/c1-19(18,17-7-15)10(4-5-10)8-2-3-9(16-6-8)11(12,13)14;1-17(16,15-6-13)5-7-2-3-8(14-4-7)9(10,11)12;;;;/h2-3,6H,4-5H2,1H3;2-4H,5H2,1H3;4*1H4. The zero-order chi connectivity index (χ0) is 27.4. The minimum absolute atomic E-state index is 0. The van der Waals surface area contributed by atoms with Gasteiger partial charge in [0.15, 0.2) is 0 Å². The number of nitriles is 2. The molecule has 16 heteroatoms. The lowest BCUT2D eigenvalue weighted by Gasteiger charge is -2.16. The molecular weight excluding hydrogens is 582 g/mol. The summed E-state index contributed by atoms with van der Waals surface area (Å²) in [5, 5.41) is 16.8. The fourth-order valence-corrected chi connectivity index (χ4v) is 5.88. The van der Waals surface area contributed by atoms with Crippen LogP contribution in [0.25, 0.3) is 0 Å². The van der Waals surface area contributed by atoms with Crippen LogP contribution < -0.4 is 0 Å². The van der Waals surface area contributed by atoms with Gasteiger partial charge in [-0.2, -0.15) is 36.9 Å². The number of rotatable bonds is 4. The Morgan fingerprint density at radius 2 is 1.27 bits per heavy atom. The summed E-state index contributed by atoms with van der Waals surface area (Å²) in [5.41, 5.74) is -1.23. The van der Waals surface area contributed by atoms with Gasteiger partial charge in [-0.15, -0.1) is 8.73 Å². The van der Waals surface area contributed by atoms with E-state index in [0.717, 1.165) is 24.5 Å². The van der Waals surface area contributed by atoms with E-state index in [1.165, 1.54) is 37.0 Å². The van der Waals surface area contributed by atoms with Crippen LogP contribution in [0.15, 0.2) is 45.4 Å². The van der Waals surface area contributed by atoms with Crippen molar-refractivity contribution in [1.82, 2.24) is 9.97 Å². The van der Waals surface area contributed by atoms with Crippen molar-refractivity contribution >= 4 is 19.5 Å². The molecule has 1 saturated carbocycles. The fourth-order valence-electron chi connectivity index (χ4n) is 3.10. The van der Waals surface area contributed by atoms with Crippen molar-refractivity contribution < 1.29 is 34.8 Å². The van der Waals surface area contributed by atoms with E-state index in [1.807, 2.05) is 0 Å². The van der Waals surface area contributed by atoms with Gasteiger partial charge in [0, 0.05) is 24.9 Å². The van der Waals surface area contributed by atoms with Gasteiger partial charge in [-0.3, -0.25) is 9.97 Å². The van der Waals surface area contributed by atoms with Gasteiger partial charge in [0.1, 0.15) is 11.4 Å². The van der Waals surface area contributed by atoms with Crippen molar-refractivity contribution in [2.45, 2.75) is 65.4 Å². The molecule has 0 amide bonds. The van der Waals surface area contributed by atoms with Crippen molar-refractivity contribution in [3.63, 3.8) is 0 Å². The summed E-state index contributed by atoms with van der Waals surface area (Å²) in [5.74, 6) is -0.105. The quantitative estimate of drug-likeness (QED) is 0.260. The lowest BCUT2D eigenvalue weighted by atomic mass is 10.1. The first-order chi connectivity index (χ1) is 16.5. The van der Waals surface area contributed by atoms with E-state index in [9.17, 15) is 34.8 Å². The molecule has 2 aromatic heterocycles. The Morgan fingerprint density at radius 1 is 0.825 bits per heavy atom. The Bertz CT molecular complexity index is 1420. The SMILES string of the molecule is C.C.C.C.CS(=O)(=NC#N)C1(c2ccc(C(F)(F)F)nc2)CC1.CS(=O)(Cc1ccc(C(F)(F)F)nc1)=NC#N. The van der Waals surface area contributed by atoms with Crippen molar-refractivity contribution in [3.8, 4) is 12.4 Å². The van der Waals surface area contributed by atoms with Gasteiger partial charge in [0.2, 0.25) is 12.4 Å². The van der Waals surface area contributed by atoms with Crippen molar-refractivity contribution in [1.29, 1.82) is 10.5 Å². The Labute approximate surface area is 232 Å². The highest BCUT2D eigenvalue weighted by molar-refractivity contribution is 7.94. The molecule has 2 aromatic rings. The molecule has 0 N–H and O–H groups in total. The summed E-state index contributed by atoms with van der Waals surface area (Å²) in [6.07, 6.45) is -0.352. The van der Waals surface area contributed by atoms with E-state index in [0.29, 0.717) is 24.0 Å². The van der Waals surface area contributed by atoms with Crippen molar-refractivity contribution in [2.75, 3.05) is 12.5 Å². The third kappa shape index (κ3) is 10.4. The first-order valence-corrected chi connectivity index (χ1v) is 13.7. The molecule has 1 fully saturated rings. The van der Waals surface area contributed by atoms with E-state index < -0.39 is 47.9 Å². The molecule has 0 aliphatic heterocycles. The first-order valence-electron chi connectivity index (χ1n) is 9.71. The number of pyridine rings is 2. The van der Waals surface area contributed by atoms with Crippen LogP contribution >= 0.6 is 0 Å². The second-order valence-corrected chi connectivity index (χ2v) is 12.7. The van der Waals surface area contributed by atoms with Gasteiger partial charge >= 0.3 is 12.4 Å². The highest BCUT2D eigenvalue weighted by atomic mass is 32.2. The van der Waals surface area contributed by atoms with Crippen LogP contribution in [0.2, 0.25) is 0 Å². The van der Waals surface area contributed by atoms with E-state index in [1.54, 1.807) is 0 Å². The summed E-state index contributed by atoms with van der Waals surface area (Å²) in [6, 6.07) is 4.10. The summed E-state index contributed by atoms with van der Waals surface area (Å²) in [6.45, 7) is 0. The van der Waals surface area contributed by atoms with E-state index in [-0.39, 0.29) is 35.5 Å².